The molecule has 7 heteroatoms. The molecule has 1 rings (SSSR count). The third-order valence-electron chi connectivity index (χ3n) is 2.18. The third kappa shape index (κ3) is 5.28. The van der Waals surface area contributed by atoms with Crippen LogP contribution < -0.4 is 0 Å². The highest BCUT2D eigenvalue weighted by Gasteiger charge is 2.11. The molecule has 5 nitrogen and oxygen atoms in total. The molecule has 0 spiro atoms. The zero-order chi connectivity index (χ0) is 14.4. The van der Waals surface area contributed by atoms with Crippen molar-refractivity contribution in [1.29, 1.82) is 0 Å². The fourth-order valence-corrected chi connectivity index (χ4v) is 1.75. The predicted molar refractivity (Wildman–Crippen MR) is 72.4 cm³/mol. The molecule has 102 valence electrons. The zero-order valence-corrected chi connectivity index (χ0v) is 11.6. The Morgan fingerprint density at radius 2 is 2.16 bits per heavy atom. The Morgan fingerprint density at radius 3 is 2.74 bits per heavy atom. The van der Waals surface area contributed by atoms with E-state index in [1.807, 2.05) is 0 Å². The van der Waals surface area contributed by atoms with Gasteiger partial charge in [0, 0.05) is 9.95 Å². The van der Waals surface area contributed by atoms with Gasteiger partial charge in [0.2, 0.25) is 6.54 Å². The van der Waals surface area contributed by atoms with Gasteiger partial charge in [0.1, 0.15) is 6.61 Å². The predicted octanol–water partition coefficient (Wildman–Crippen LogP) is 3.37. The van der Waals surface area contributed by atoms with E-state index >= 15 is 0 Å². The minimum atomic E-state index is -0.605. The summed E-state index contributed by atoms with van der Waals surface area (Å²) in [5, 5.41) is 10.8. The summed E-state index contributed by atoms with van der Waals surface area (Å²) >= 11 is 11.6. The second kappa shape index (κ2) is 7.11. The van der Waals surface area contributed by atoms with Crippen molar-refractivity contribution in [3.05, 3.63) is 55.6 Å². The van der Waals surface area contributed by atoms with Gasteiger partial charge in [0.25, 0.3) is 0 Å². The number of ether oxygens (including phenoxy) is 1. The Labute approximate surface area is 119 Å². The van der Waals surface area contributed by atoms with E-state index in [1.165, 1.54) is 24.3 Å². The van der Waals surface area contributed by atoms with Crippen LogP contribution in [0.1, 0.15) is 17.3 Å². The molecule has 0 aliphatic rings. The van der Waals surface area contributed by atoms with Crippen LogP contribution in [0.4, 0.5) is 0 Å². The van der Waals surface area contributed by atoms with Crippen molar-refractivity contribution in [2.24, 2.45) is 0 Å². The first-order valence-corrected chi connectivity index (χ1v) is 6.05. The molecule has 0 aliphatic heterocycles. The van der Waals surface area contributed by atoms with Crippen molar-refractivity contribution in [2.75, 3.05) is 13.2 Å². The Morgan fingerprint density at radius 1 is 1.47 bits per heavy atom. The fourth-order valence-electron chi connectivity index (χ4n) is 1.26. The Bertz CT molecular complexity index is 528. The first-order valence-electron chi connectivity index (χ1n) is 5.29. The van der Waals surface area contributed by atoms with Gasteiger partial charge in [-0.1, -0.05) is 23.2 Å². The number of rotatable bonds is 5. The van der Waals surface area contributed by atoms with Gasteiger partial charge in [-0.2, -0.15) is 0 Å². The molecule has 0 bridgehead atoms. The summed E-state index contributed by atoms with van der Waals surface area (Å²) in [5.41, 5.74) is 0.714. The summed E-state index contributed by atoms with van der Waals surface area (Å²) in [6.45, 7) is 1.27. The van der Waals surface area contributed by atoms with E-state index in [0.717, 1.165) is 0 Å². The van der Waals surface area contributed by atoms with Crippen LogP contribution >= 0.6 is 23.2 Å². The van der Waals surface area contributed by atoms with E-state index < -0.39 is 10.9 Å². The van der Waals surface area contributed by atoms with Crippen molar-refractivity contribution >= 4 is 29.2 Å². The number of esters is 1. The van der Waals surface area contributed by atoms with E-state index in [1.54, 1.807) is 6.92 Å². The van der Waals surface area contributed by atoms with Gasteiger partial charge in [-0.3, -0.25) is 10.1 Å². The standard InChI is InChI=1S/C12H11Cl2NO4/c1-8(7-15(17)18)4-5-19-12(16)10-3-2-9(13)6-11(10)14/h2-4,6H,5,7H2,1H3. The normalized spacial score (nSPS) is 11.2. The molecule has 0 unspecified atom stereocenters. The lowest BCUT2D eigenvalue weighted by molar-refractivity contribution is -0.470. The van der Waals surface area contributed by atoms with Crippen LogP contribution in [0.15, 0.2) is 29.8 Å². The first-order chi connectivity index (χ1) is 8.90. The number of carbonyl (C=O) groups is 1. The maximum absolute atomic E-state index is 11.7. The lowest BCUT2D eigenvalue weighted by atomic mass is 10.2. The Hall–Kier alpha value is -1.59. The van der Waals surface area contributed by atoms with Crippen LogP contribution in [0.2, 0.25) is 10.0 Å². The monoisotopic (exact) mass is 303 g/mol. The number of nitrogens with zero attached hydrogens (tertiary/aromatic N) is 1. The van der Waals surface area contributed by atoms with Gasteiger partial charge in [-0.15, -0.1) is 0 Å². The quantitative estimate of drug-likeness (QED) is 0.362. The average Bonchev–Trinajstić information content (AvgIpc) is 2.27. The van der Waals surface area contributed by atoms with E-state index in [-0.39, 0.29) is 23.7 Å². The van der Waals surface area contributed by atoms with Gasteiger partial charge in [-0.05, 0) is 36.8 Å². The maximum Gasteiger partial charge on any atom is 0.339 e. The number of nitro groups is 1. The number of carbonyl (C=O) groups excluding carboxylic acids is 1. The van der Waals surface area contributed by atoms with Crippen LogP contribution in [-0.2, 0) is 4.74 Å². The Balaban J connectivity index is 2.58. The van der Waals surface area contributed by atoms with Gasteiger partial charge < -0.3 is 4.74 Å². The van der Waals surface area contributed by atoms with E-state index in [2.05, 4.69) is 0 Å². The fraction of sp³-hybridized carbons (Fsp3) is 0.250. The van der Waals surface area contributed by atoms with Crippen LogP contribution in [0.5, 0.6) is 0 Å². The molecule has 0 radical (unpaired) electrons. The smallest absolute Gasteiger partial charge is 0.339 e. The van der Waals surface area contributed by atoms with Crippen LogP contribution in [0.3, 0.4) is 0 Å². The number of benzene rings is 1. The number of hydrogen-bond donors (Lipinski definition) is 0. The largest absolute Gasteiger partial charge is 0.458 e. The van der Waals surface area contributed by atoms with E-state index in [4.69, 9.17) is 27.9 Å². The molecule has 0 saturated carbocycles. The van der Waals surface area contributed by atoms with Crippen molar-refractivity contribution in [1.82, 2.24) is 0 Å². The highest BCUT2D eigenvalue weighted by molar-refractivity contribution is 6.36. The molecule has 0 aliphatic carbocycles. The Kier molecular flexibility index (Phi) is 5.79. The van der Waals surface area contributed by atoms with Crippen molar-refractivity contribution < 1.29 is 14.5 Å². The molecular formula is C12H11Cl2NO4. The van der Waals surface area contributed by atoms with Crippen LogP contribution in [-0.4, -0.2) is 24.0 Å². The van der Waals surface area contributed by atoms with Crippen LogP contribution in [0.25, 0.3) is 0 Å². The topological polar surface area (TPSA) is 69.4 Å². The highest BCUT2D eigenvalue weighted by Crippen LogP contribution is 2.21. The van der Waals surface area contributed by atoms with Crippen molar-refractivity contribution in [3.63, 3.8) is 0 Å². The van der Waals surface area contributed by atoms with E-state index in [9.17, 15) is 14.9 Å². The van der Waals surface area contributed by atoms with E-state index in [0.29, 0.717) is 10.6 Å². The summed E-state index contributed by atoms with van der Waals surface area (Å²) in [5.74, 6) is -0.605. The lowest BCUT2D eigenvalue weighted by Gasteiger charge is -2.04. The van der Waals surface area contributed by atoms with Gasteiger partial charge in [0.05, 0.1) is 10.6 Å². The second-order valence-corrected chi connectivity index (χ2v) is 4.61. The van der Waals surface area contributed by atoms with Gasteiger partial charge in [-0.25, -0.2) is 4.79 Å². The number of hydrogen-bond acceptors (Lipinski definition) is 4. The summed E-state index contributed by atoms with van der Waals surface area (Å²) in [4.78, 5) is 21.4. The number of halogens is 2. The SMILES string of the molecule is CC(=CCOC(=O)c1ccc(Cl)cc1Cl)C[N+](=O)[O-]. The molecule has 0 fully saturated rings. The minimum Gasteiger partial charge on any atom is -0.458 e. The second-order valence-electron chi connectivity index (χ2n) is 3.76. The third-order valence-corrected chi connectivity index (χ3v) is 2.72. The molecule has 19 heavy (non-hydrogen) atoms. The zero-order valence-electron chi connectivity index (χ0n) is 10.1. The molecule has 0 amide bonds. The average molecular weight is 304 g/mol. The molecule has 0 heterocycles. The highest BCUT2D eigenvalue weighted by atomic mass is 35.5. The molecule has 1 aromatic rings. The molecule has 0 N–H and O–H groups in total. The molecule has 0 aromatic heterocycles. The van der Waals surface area contributed by atoms with Crippen molar-refractivity contribution in [3.8, 4) is 0 Å². The molecule has 0 atom stereocenters. The minimum absolute atomic E-state index is 0.0442. The maximum atomic E-state index is 11.7. The molecule has 1 aromatic carbocycles. The first kappa shape index (κ1) is 15.5. The summed E-state index contributed by atoms with van der Waals surface area (Å²) in [6.07, 6.45) is 1.48. The van der Waals surface area contributed by atoms with Gasteiger partial charge in [0.15, 0.2) is 0 Å². The van der Waals surface area contributed by atoms with Crippen molar-refractivity contribution in [2.45, 2.75) is 6.92 Å². The lowest BCUT2D eigenvalue weighted by Crippen LogP contribution is -2.07. The molecule has 0 saturated heterocycles. The summed E-state index contributed by atoms with van der Waals surface area (Å²) in [7, 11) is 0. The summed E-state index contributed by atoms with van der Waals surface area (Å²) in [6, 6.07) is 4.42. The van der Waals surface area contributed by atoms with Crippen LogP contribution in [0, 0.1) is 10.1 Å². The van der Waals surface area contributed by atoms with Gasteiger partial charge >= 0.3 is 5.97 Å². The summed E-state index contributed by atoms with van der Waals surface area (Å²) < 4.78 is 4.94. The molecular weight excluding hydrogens is 293 g/mol.